The number of nitrogens with zero attached hydrogens (tertiary/aromatic N) is 1. The van der Waals surface area contributed by atoms with Crippen LogP contribution in [0.15, 0.2) is 53.1 Å². The van der Waals surface area contributed by atoms with E-state index >= 15 is 0 Å². The second kappa shape index (κ2) is 10.7. The SMILES string of the molecule is CCOc1ccccc1C(=O)NCc1coc(-c2ccc(OCC(F)(F)F)c(OCC3CC3)c2)n1. The Morgan fingerprint density at radius 2 is 1.89 bits per heavy atom. The summed E-state index contributed by atoms with van der Waals surface area (Å²) in [5.74, 6) is 1.000. The molecule has 0 unspecified atom stereocenters. The molecule has 1 aromatic heterocycles. The average molecular weight is 490 g/mol. The Hall–Kier alpha value is -3.69. The maximum Gasteiger partial charge on any atom is 0.422 e. The molecule has 1 fully saturated rings. The summed E-state index contributed by atoms with van der Waals surface area (Å²) in [5.41, 5.74) is 1.39. The van der Waals surface area contributed by atoms with E-state index in [9.17, 15) is 18.0 Å². The first kappa shape index (κ1) is 24.4. The van der Waals surface area contributed by atoms with Crippen LogP contribution in [-0.2, 0) is 6.54 Å². The lowest BCUT2D eigenvalue weighted by molar-refractivity contribution is -0.153. The first-order valence-electron chi connectivity index (χ1n) is 11.2. The summed E-state index contributed by atoms with van der Waals surface area (Å²) in [5, 5.41) is 2.78. The molecule has 3 aromatic rings. The molecule has 1 N–H and O–H groups in total. The van der Waals surface area contributed by atoms with Gasteiger partial charge in [-0.05, 0) is 56.0 Å². The molecule has 0 radical (unpaired) electrons. The minimum absolute atomic E-state index is 0.00117. The number of rotatable bonds is 11. The minimum atomic E-state index is -4.46. The zero-order valence-electron chi connectivity index (χ0n) is 19.1. The van der Waals surface area contributed by atoms with Gasteiger partial charge in [0.1, 0.15) is 12.0 Å². The van der Waals surface area contributed by atoms with Crippen molar-refractivity contribution in [1.82, 2.24) is 10.3 Å². The summed E-state index contributed by atoms with van der Waals surface area (Å²) >= 11 is 0. The number of aromatic nitrogens is 1. The van der Waals surface area contributed by atoms with Gasteiger partial charge in [0.25, 0.3) is 5.91 Å². The van der Waals surface area contributed by atoms with Crippen molar-refractivity contribution in [1.29, 1.82) is 0 Å². The van der Waals surface area contributed by atoms with Gasteiger partial charge in [-0.1, -0.05) is 12.1 Å². The highest BCUT2D eigenvalue weighted by Gasteiger charge is 2.29. The zero-order chi connectivity index (χ0) is 24.8. The molecule has 0 atom stereocenters. The van der Waals surface area contributed by atoms with Crippen LogP contribution >= 0.6 is 0 Å². The van der Waals surface area contributed by atoms with Crippen LogP contribution < -0.4 is 19.5 Å². The molecule has 7 nitrogen and oxygen atoms in total. The zero-order valence-corrected chi connectivity index (χ0v) is 19.1. The number of hydrogen-bond acceptors (Lipinski definition) is 6. The Morgan fingerprint density at radius 3 is 2.63 bits per heavy atom. The summed E-state index contributed by atoms with van der Waals surface area (Å²) in [4.78, 5) is 17.0. The molecule has 0 aliphatic heterocycles. The average Bonchev–Trinajstić information content (AvgIpc) is 3.55. The van der Waals surface area contributed by atoms with Crippen LogP contribution in [0.3, 0.4) is 0 Å². The maximum atomic E-state index is 12.6. The first-order valence-corrected chi connectivity index (χ1v) is 11.2. The lowest BCUT2D eigenvalue weighted by Crippen LogP contribution is -2.23. The number of ether oxygens (including phenoxy) is 3. The number of carbonyl (C=O) groups excluding carboxylic acids is 1. The van der Waals surface area contributed by atoms with E-state index in [0.717, 1.165) is 12.8 Å². The Bertz CT molecular complexity index is 1160. The number of alkyl halides is 3. The van der Waals surface area contributed by atoms with Crippen molar-refractivity contribution in [3.63, 3.8) is 0 Å². The number of carbonyl (C=O) groups is 1. The predicted octanol–water partition coefficient (Wildman–Crippen LogP) is 5.40. The van der Waals surface area contributed by atoms with Crippen LogP contribution in [0.2, 0.25) is 0 Å². The summed E-state index contributed by atoms with van der Waals surface area (Å²) < 4.78 is 59.5. The molecule has 1 saturated carbocycles. The van der Waals surface area contributed by atoms with Gasteiger partial charge >= 0.3 is 6.18 Å². The molecule has 35 heavy (non-hydrogen) atoms. The molecule has 0 saturated heterocycles. The Morgan fingerprint density at radius 1 is 1.09 bits per heavy atom. The van der Waals surface area contributed by atoms with Crippen LogP contribution in [0.5, 0.6) is 17.2 Å². The summed E-state index contributed by atoms with van der Waals surface area (Å²) in [7, 11) is 0. The van der Waals surface area contributed by atoms with Gasteiger partial charge in [0, 0.05) is 5.56 Å². The molecule has 2 aromatic carbocycles. The van der Waals surface area contributed by atoms with E-state index < -0.39 is 12.8 Å². The van der Waals surface area contributed by atoms with Gasteiger partial charge in [-0.2, -0.15) is 13.2 Å². The van der Waals surface area contributed by atoms with Gasteiger partial charge in [0.2, 0.25) is 5.89 Å². The third kappa shape index (κ3) is 6.91. The quantitative estimate of drug-likeness (QED) is 0.388. The number of halogens is 3. The summed E-state index contributed by atoms with van der Waals surface area (Å²) in [6.45, 7) is 1.37. The molecule has 10 heteroatoms. The predicted molar refractivity (Wildman–Crippen MR) is 120 cm³/mol. The molecule has 4 rings (SSSR count). The van der Waals surface area contributed by atoms with E-state index in [2.05, 4.69) is 10.3 Å². The summed E-state index contributed by atoms with van der Waals surface area (Å²) in [6.07, 6.45) is -0.995. The molecule has 186 valence electrons. The second-order valence-electron chi connectivity index (χ2n) is 8.08. The number of amides is 1. The van der Waals surface area contributed by atoms with Crippen molar-refractivity contribution < 1.29 is 36.6 Å². The van der Waals surface area contributed by atoms with Crippen molar-refractivity contribution >= 4 is 5.91 Å². The van der Waals surface area contributed by atoms with Crippen LogP contribution in [-0.4, -0.2) is 36.9 Å². The van der Waals surface area contributed by atoms with Crippen molar-refractivity contribution in [2.45, 2.75) is 32.5 Å². The third-order valence-electron chi connectivity index (χ3n) is 5.17. The number of hydrogen-bond donors (Lipinski definition) is 1. The topological polar surface area (TPSA) is 82.8 Å². The van der Waals surface area contributed by atoms with E-state index in [1.165, 1.54) is 12.3 Å². The lowest BCUT2D eigenvalue weighted by Gasteiger charge is -2.14. The standard InChI is InChI=1S/C25H25F3N2O5/c1-2-32-20-6-4-3-5-19(20)23(31)29-12-18-14-34-24(30-18)17-9-10-21(35-15-25(26,27)28)22(11-17)33-13-16-7-8-16/h3-6,9-11,14,16H,2,7-8,12-13,15H2,1H3,(H,29,31). The van der Waals surface area contributed by atoms with E-state index in [0.29, 0.717) is 41.7 Å². The number of para-hydroxylation sites is 1. The fourth-order valence-electron chi connectivity index (χ4n) is 3.25. The van der Waals surface area contributed by atoms with Crippen molar-refractivity contribution in [2.75, 3.05) is 19.8 Å². The fraction of sp³-hybridized carbons (Fsp3) is 0.360. The minimum Gasteiger partial charge on any atom is -0.493 e. The van der Waals surface area contributed by atoms with Gasteiger partial charge in [-0.25, -0.2) is 4.98 Å². The molecule has 1 aliphatic carbocycles. The van der Waals surface area contributed by atoms with Gasteiger partial charge in [0.05, 0.1) is 31.0 Å². The molecular formula is C25H25F3N2O5. The van der Waals surface area contributed by atoms with E-state index in [1.54, 1.807) is 36.4 Å². The highest BCUT2D eigenvalue weighted by atomic mass is 19.4. The Labute approximate surface area is 200 Å². The van der Waals surface area contributed by atoms with Crippen LogP contribution in [0.25, 0.3) is 11.5 Å². The van der Waals surface area contributed by atoms with Crippen LogP contribution in [0.4, 0.5) is 13.2 Å². The molecule has 1 aliphatic rings. The van der Waals surface area contributed by atoms with Crippen molar-refractivity contribution in [3.8, 4) is 28.7 Å². The summed E-state index contributed by atoms with van der Waals surface area (Å²) in [6, 6.07) is 11.4. The van der Waals surface area contributed by atoms with Crippen molar-refractivity contribution in [2.24, 2.45) is 5.92 Å². The number of nitrogens with one attached hydrogen (secondary N) is 1. The highest BCUT2D eigenvalue weighted by molar-refractivity contribution is 5.96. The number of benzene rings is 2. The normalized spacial score (nSPS) is 13.4. The smallest absolute Gasteiger partial charge is 0.422 e. The van der Waals surface area contributed by atoms with Crippen molar-refractivity contribution in [3.05, 3.63) is 60.0 Å². The second-order valence-corrected chi connectivity index (χ2v) is 8.08. The van der Waals surface area contributed by atoms with E-state index in [1.807, 2.05) is 6.92 Å². The highest BCUT2D eigenvalue weighted by Crippen LogP contribution is 2.36. The molecular weight excluding hydrogens is 465 g/mol. The van der Waals surface area contributed by atoms with Gasteiger partial charge in [-0.3, -0.25) is 4.79 Å². The van der Waals surface area contributed by atoms with E-state index in [4.69, 9.17) is 18.6 Å². The van der Waals surface area contributed by atoms with Crippen LogP contribution in [0, 0.1) is 5.92 Å². The molecule has 0 spiro atoms. The third-order valence-corrected chi connectivity index (χ3v) is 5.17. The largest absolute Gasteiger partial charge is 0.493 e. The first-order chi connectivity index (χ1) is 16.8. The van der Waals surface area contributed by atoms with Gasteiger partial charge < -0.3 is 23.9 Å². The van der Waals surface area contributed by atoms with E-state index in [-0.39, 0.29) is 29.8 Å². The van der Waals surface area contributed by atoms with Gasteiger partial charge in [-0.15, -0.1) is 0 Å². The number of oxazole rings is 1. The molecule has 1 heterocycles. The van der Waals surface area contributed by atoms with Gasteiger partial charge in [0.15, 0.2) is 18.1 Å². The Balaban J connectivity index is 1.44. The van der Waals surface area contributed by atoms with Crippen LogP contribution in [0.1, 0.15) is 35.8 Å². The molecule has 0 bridgehead atoms. The maximum absolute atomic E-state index is 12.6. The monoisotopic (exact) mass is 490 g/mol. The lowest BCUT2D eigenvalue weighted by atomic mass is 10.2. The fourth-order valence-corrected chi connectivity index (χ4v) is 3.25. The Kier molecular flexibility index (Phi) is 7.48. The molecule has 1 amide bonds.